The number of methoxy groups -OCH3 is 1. The second-order valence-corrected chi connectivity index (χ2v) is 12.5. The molecule has 0 bridgehead atoms. The fourth-order valence-electron chi connectivity index (χ4n) is 4.68. The molecule has 4 rings (SSSR count). The van der Waals surface area contributed by atoms with Crippen LogP contribution in [0.25, 0.3) is 10.9 Å². The van der Waals surface area contributed by atoms with E-state index in [9.17, 15) is 18.0 Å². The van der Waals surface area contributed by atoms with Crippen LogP contribution < -0.4 is 14.8 Å². The Morgan fingerprint density at radius 2 is 1.74 bits per heavy atom. The van der Waals surface area contributed by atoms with E-state index in [1.54, 1.807) is 51.4 Å². The highest BCUT2D eigenvalue weighted by Crippen LogP contribution is 2.36. The molecule has 0 spiro atoms. The molecular formula is C30H32Cl2N4O5S. The summed E-state index contributed by atoms with van der Waals surface area (Å²) in [6, 6.07) is 14.9. The van der Waals surface area contributed by atoms with Crippen molar-refractivity contribution in [2.24, 2.45) is 7.05 Å². The van der Waals surface area contributed by atoms with Gasteiger partial charge in [-0.15, -0.1) is 0 Å². The molecule has 1 aromatic heterocycles. The van der Waals surface area contributed by atoms with Crippen molar-refractivity contribution >= 4 is 56.1 Å². The lowest BCUT2D eigenvalue weighted by molar-refractivity contribution is 0.0981. The monoisotopic (exact) mass is 630 g/mol. The summed E-state index contributed by atoms with van der Waals surface area (Å²) in [6.45, 7) is 2.07. The van der Waals surface area contributed by atoms with Crippen LogP contribution >= 0.6 is 23.2 Å². The van der Waals surface area contributed by atoms with Crippen molar-refractivity contribution in [2.75, 3.05) is 27.7 Å². The van der Waals surface area contributed by atoms with Gasteiger partial charge in [-0.1, -0.05) is 47.5 Å². The highest BCUT2D eigenvalue weighted by Gasteiger charge is 2.22. The summed E-state index contributed by atoms with van der Waals surface area (Å²) in [5.74, 6) is -0.364. The molecule has 0 saturated heterocycles. The first-order valence-electron chi connectivity index (χ1n) is 13.0. The summed E-state index contributed by atoms with van der Waals surface area (Å²) < 4.78 is 35.2. The van der Waals surface area contributed by atoms with Crippen molar-refractivity contribution in [1.29, 1.82) is 0 Å². The number of amides is 3. The van der Waals surface area contributed by atoms with Crippen LogP contribution in [0.4, 0.5) is 4.79 Å². The number of sulfonamides is 1. The number of fused-ring (bicyclic) bond motifs is 1. The van der Waals surface area contributed by atoms with Crippen molar-refractivity contribution in [3.63, 3.8) is 0 Å². The van der Waals surface area contributed by atoms with Crippen molar-refractivity contribution < 1.29 is 22.7 Å². The summed E-state index contributed by atoms with van der Waals surface area (Å²) >= 11 is 13.4. The number of aromatic nitrogens is 1. The molecule has 12 heteroatoms. The van der Waals surface area contributed by atoms with Crippen LogP contribution in [0.2, 0.25) is 10.2 Å². The van der Waals surface area contributed by atoms with E-state index in [1.165, 1.54) is 24.1 Å². The molecule has 1 heterocycles. The lowest BCUT2D eigenvalue weighted by Crippen LogP contribution is -2.35. The average Bonchev–Trinajstić information content (AvgIpc) is 3.16. The van der Waals surface area contributed by atoms with Crippen LogP contribution in [0.5, 0.6) is 5.75 Å². The van der Waals surface area contributed by atoms with E-state index in [4.69, 9.17) is 27.9 Å². The number of carbonyl (C=O) groups is 2. The maximum atomic E-state index is 12.9. The quantitative estimate of drug-likeness (QED) is 0.260. The van der Waals surface area contributed by atoms with Gasteiger partial charge in [0.15, 0.2) is 0 Å². The molecule has 3 aromatic carbocycles. The predicted molar refractivity (Wildman–Crippen MR) is 165 cm³/mol. The fraction of sp³-hybridized carbons (Fsp3) is 0.267. The van der Waals surface area contributed by atoms with Crippen molar-refractivity contribution in [1.82, 2.24) is 19.5 Å². The van der Waals surface area contributed by atoms with Gasteiger partial charge in [0.2, 0.25) is 0 Å². The highest BCUT2D eigenvalue weighted by atomic mass is 35.5. The number of halogens is 2. The Labute approximate surface area is 255 Å². The summed E-state index contributed by atoms with van der Waals surface area (Å²) in [4.78, 5) is 26.3. The Morgan fingerprint density at radius 1 is 1.02 bits per heavy atom. The summed E-state index contributed by atoms with van der Waals surface area (Å²) in [7, 11) is 2.61. The smallest absolute Gasteiger partial charge is 0.316 e. The SMILES string of the molecule is COc1cc(C(=O)NS(=O)(=O)c2ccccc2C)ccc1Cc1c(Cl)n(C)c2cc(Cl)c(CCNC(=O)N(C)C)cc12. The highest BCUT2D eigenvalue weighted by molar-refractivity contribution is 7.90. The van der Waals surface area contributed by atoms with E-state index >= 15 is 0 Å². The minimum absolute atomic E-state index is 0.0343. The van der Waals surface area contributed by atoms with Gasteiger partial charge in [-0.25, -0.2) is 17.9 Å². The second-order valence-electron chi connectivity index (χ2n) is 10.1. The number of aryl methyl sites for hydroxylation is 2. The first-order chi connectivity index (χ1) is 19.8. The Bertz CT molecular complexity index is 1780. The normalized spacial score (nSPS) is 11.4. The molecule has 0 aliphatic rings. The molecule has 222 valence electrons. The molecule has 0 aliphatic heterocycles. The zero-order chi connectivity index (χ0) is 30.8. The standard InChI is InChI=1S/C30H32Cl2N4O5S/c1-18-8-6-7-9-27(18)42(39,40)34-29(37)21-11-10-20(26(16-21)41-5)15-23-22-14-19(12-13-33-30(38)35(2)3)24(31)17-25(22)36(4)28(23)32/h6-11,14,16-17H,12-13,15H2,1-5H3,(H,33,38)(H,34,37). The van der Waals surface area contributed by atoms with Gasteiger partial charge in [0.05, 0.1) is 17.5 Å². The third-order valence-electron chi connectivity index (χ3n) is 7.00. The predicted octanol–water partition coefficient (Wildman–Crippen LogP) is 5.33. The Balaban J connectivity index is 1.61. The van der Waals surface area contributed by atoms with Crippen LogP contribution in [-0.4, -0.2) is 57.6 Å². The van der Waals surface area contributed by atoms with Crippen LogP contribution in [0.15, 0.2) is 59.5 Å². The number of hydrogen-bond donors (Lipinski definition) is 2. The van der Waals surface area contributed by atoms with E-state index in [0.717, 1.165) is 27.6 Å². The number of nitrogens with one attached hydrogen (secondary N) is 2. The number of carbonyl (C=O) groups excluding carboxylic acids is 2. The van der Waals surface area contributed by atoms with Crippen LogP contribution in [0.1, 0.15) is 32.6 Å². The third kappa shape index (κ3) is 6.51. The number of urea groups is 1. The maximum absolute atomic E-state index is 12.9. The minimum Gasteiger partial charge on any atom is -0.496 e. The lowest BCUT2D eigenvalue weighted by Gasteiger charge is -2.13. The summed E-state index contributed by atoms with van der Waals surface area (Å²) in [6.07, 6.45) is 0.903. The Hall–Kier alpha value is -3.73. The minimum atomic E-state index is -4.06. The van der Waals surface area contributed by atoms with Crippen molar-refractivity contribution in [2.45, 2.75) is 24.7 Å². The average molecular weight is 632 g/mol. The zero-order valence-corrected chi connectivity index (χ0v) is 26.2. The molecule has 3 amide bonds. The van der Waals surface area contributed by atoms with Crippen LogP contribution in [0, 0.1) is 6.92 Å². The zero-order valence-electron chi connectivity index (χ0n) is 23.9. The van der Waals surface area contributed by atoms with E-state index in [0.29, 0.717) is 40.9 Å². The molecule has 0 fully saturated rings. The number of benzene rings is 3. The molecule has 42 heavy (non-hydrogen) atoms. The first-order valence-corrected chi connectivity index (χ1v) is 15.3. The summed E-state index contributed by atoms with van der Waals surface area (Å²) in [5, 5.41) is 4.83. The van der Waals surface area contributed by atoms with Crippen LogP contribution in [0.3, 0.4) is 0 Å². The maximum Gasteiger partial charge on any atom is 0.316 e. The number of nitrogens with zero attached hydrogens (tertiary/aromatic N) is 2. The van der Waals surface area contributed by atoms with E-state index in [-0.39, 0.29) is 16.5 Å². The Morgan fingerprint density at radius 3 is 2.40 bits per heavy atom. The molecule has 0 saturated carbocycles. The lowest BCUT2D eigenvalue weighted by atomic mass is 10.00. The summed E-state index contributed by atoms with van der Waals surface area (Å²) in [5.41, 5.74) is 3.95. The van der Waals surface area contributed by atoms with Gasteiger partial charge in [-0.3, -0.25) is 4.79 Å². The second kappa shape index (κ2) is 12.6. The molecule has 0 aliphatic carbocycles. The van der Waals surface area contributed by atoms with Gasteiger partial charge in [-0.05, 0) is 60.4 Å². The van der Waals surface area contributed by atoms with Gasteiger partial charge in [-0.2, -0.15) is 0 Å². The number of ether oxygens (including phenoxy) is 1. The number of rotatable bonds is 9. The van der Waals surface area contributed by atoms with E-state index in [1.807, 2.05) is 23.7 Å². The topological polar surface area (TPSA) is 110 Å². The van der Waals surface area contributed by atoms with Gasteiger partial charge in [0.1, 0.15) is 10.9 Å². The van der Waals surface area contributed by atoms with Gasteiger partial charge in [0.25, 0.3) is 15.9 Å². The van der Waals surface area contributed by atoms with Crippen LogP contribution in [-0.2, 0) is 29.9 Å². The molecular weight excluding hydrogens is 599 g/mol. The third-order valence-corrected chi connectivity index (χ3v) is 9.32. The fourth-order valence-corrected chi connectivity index (χ4v) is 6.42. The molecule has 2 N–H and O–H groups in total. The molecule has 0 atom stereocenters. The molecule has 4 aromatic rings. The van der Waals surface area contributed by atoms with E-state index in [2.05, 4.69) is 10.0 Å². The number of hydrogen-bond acceptors (Lipinski definition) is 5. The largest absolute Gasteiger partial charge is 0.496 e. The van der Waals surface area contributed by atoms with E-state index < -0.39 is 15.9 Å². The van der Waals surface area contributed by atoms with Gasteiger partial charge in [0, 0.05) is 55.6 Å². The molecule has 9 nitrogen and oxygen atoms in total. The van der Waals surface area contributed by atoms with Gasteiger partial charge < -0.3 is 19.5 Å². The van der Waals surface area contributed by atoms with Crippen molar-refractivity contribution in [3.05, 3.63) is 92.6 Å². The molecule has 0 radical (unpaired) electrons. The van der Waals surface area contributed by atoms with Gasteiger partial charge >= 0.3 is 6.03 Å². The first kappa shape index (κ1) is 31.2. The molecule has 0 unspecified atom stereocenters. The van der Waals surface area contributed by atoms with Crippen molar-refractivity contribution in [3.8, 4) is 5.75 Å². The Kier molecular flexibility index (Phi) is 9.40.